The lowest BCUT2D eigenvalue weighted by molar-refractivity contribution is -0.359. The molecule has 2 aliphatic rings. The Morgan fingerprint density at radius 3 is 1.54 bits per heavy atom. The largest absolute Gasteiger partial charge is 0.394 e. The fourth-order valence-electron chi connectivity index (χ4n) is 9.13. The van der Waals surface area contributed by atoms with Crippen molar-refractivity contribution in [1.29, 1.82) is 0 Å². The molecule has 9 N–H and O–H groups in total. The number of aliphatic hydroxyl groups excluding tert-OH is 8. The van der Waals surface area contributed by atoms with Crippen LogP contribution in [0.4, 0.5) is 0 Å². The molecule has 0 aromatic carbocycles. The third kappa shape index (κ3) is 28.3. The number of rotatable bonds is 43. The Morgan fingerprint density at radius 2 is 1.00 bits per heavy atom. The Hall–Kier alpha value is -1.79. The molecule has 12 atom stereocenters. The van der Waals surface area contributed by atoms with Crippen LogP contribution < -0.4 is 5.32 Å². The van der Waals surface area contributed by atoms with E-state index in [1.807, 2.05) is 0 Å². The fourth-order valence-corrected chi connectivity index (χ4v) is 9.13. The van der Waals surface area contributed by atoms with E-state index in [-0.39, 0.29) is 12.5 Å². The molecule has 12 unspecified atom stereocenters. The molecule has 1 amide bonds. The summed E-state index contributed by atoms with van der Waals surface area (Å²) < 4.78 is 22.8. The van der Waals surface area contributed by atoms with Crippen molar-refractivity contribution in [3.8, 4) is 0 Å². The SMILES string of the molecule is CC/C=C\C/C=C\C/C=C\CCCCCCCCCC(=O)NC(COC1OC(CO)C(OC2OC(CO)C(O)C(O)C2O)C(O)C1O)C(O)CCCCCCCCCCCCCCCCCCCC. The van der Waals surface area contributed by atoms with E-state index < -0.39 is 86.8 Å². The summed E-state index contributed by atoms with van der Waals surface area (Å²) in [7, 11) is 0. The van der Waals surface area contributed by atoms with Crippen molar-refractivity contribution in [3.63, 3.8) is 0 Å². The van der Waals surface area contributed by atoms with Gasteiger partial charge in [-0.05, 0) is 44.9 Å². The molecule has 404 valence electrons. The summed E-state index contributed by atoms with van der Waals surface area (Å²) in [5.41, 5.74) is 0. The van der Waals surface area contributed by atoms with E-state index in [0.29, 0.717) is 19.3 Å². The van der Waals surface area contributed by atoms with Gasteiger partial charge in [0.2, 0.25) is 5.91 Å². The zero-order chi connectivity index (χ0) is 50.3. The maximum atomic E-state index is 13.2. The highest BCUT2D eigenvalue weighted by atomic mass is 16.7. The highest BCUT2D eigenvalue weighted by molar-refractivity contribution is 5.76. The van der Waals surface area contributed by atoms with Gasteiger partial charge in [0.1, 0.15) is 48.8 Å². The minimum atomic E-state index is -1.78. The molecular formula is C55H101NO13. The van der Waals surface area contributed by atoms with Gasteiger partial charge in [-0.1, -0.05) is 198 Å². The van der Waals surface area contributed by atoms with Gasteiger partial charge in [-0.25, -0.2) is 0 Å². The normalized spacial score (nSPS) is 26.4. The first-order chi connectivity index (χ1) is 33.6. The molecule has 0 bridgehead atoms. The number of hydrogen-bond donors (Lipinski definition) is 9. The number of nitrogens with one attached hydrogen (secondary N) is 1. The number of amides is 1. The summed E-state index contributed by atoms with van der Waals surface area (Å²) in [6.45, 7) is 2.75. The maximum absolute atomic E-state index is 13.2. The van der Waals surface area contributed by atoms with Crippen LogP contribution in [-0.4, -0.2) is 140 Å². The van der Waals surface area contributed by atoms with Gasteiger partial charge in [0.05, 0.1) is 32.0 Å². The van der Waals surface area contributed by atoms with Crippen molar-refractivity contribution >= 4 is 5.91 Å². The van der Waals surface area contributed by atoms with Crippen molar-refractivity contribution in [2.75, 3.05) is 19.8 Å². The number of carbonyl (C=O) groups is 1. The second kappa shape index (κ2) is 41.7. The lowest BCUT2D eigenvalue weighted by Gasteiger charge is -2.46. The molecule has 0 aromatic rings. The molecule has 0 radical (unpaired) electrons. The summed E-state index contributed by atoms with van der Waals surface area (Å²) in [4.78, 5) is 13.2. The number of unbranched alkanes of at least 4 members (excludes halogenated alkanes) is 24. The Kier molecular flexibility index (Phi) is 38.2. The quantitative estimate of drug-likeness (QED) is 0.0207. The highest BCUT2D eigenvalue weighted by Crippen LogP contribution is 2.30. The van der Waals surface area contributed by atoms with Crippen LogP contribution in [0.5, 0.6) is 0 Å². The van der Waals surface area contributed by atoms with E-state index in [1.165, 1.54) is 103 Å². The number of ether oxygens (including phenoxy) is 4. The molecule has 0 aliphatic carbocycles. The monoisotopic (exact) mass is 984 g/mol. The predicted molar refractivity (Wildman–Crippen MR) is 272 cm³/mol. The standard InChI is InChI=1S/C55H101NO13/c1-3-5-7-9-11-13-15-17-19-21-23-24-26-28-30-32-34-36-38-44(59)43(56-47(60)39-37-35-33-31-29-27-25-22-20-18-16-14-12-10-8-6-4-2)42-66-54-52(65)50(63)53(46(41-58)68-54)69-55-51(64)49(62)48(61)45(40-57)67-55/h6,8,12,14,18,20,43-46,48-55,57-59,61-65H,3-5,7,9-11,13,15-17,19,21-42H2,1-2H3,(H,56,60)/b8-6-,14-12-,20-18-. The molecule has 2 saturated heterocycles. The summed E-state index contributed by atoms with van der Waals surface area (Å²) in [6, 6.07) is -0.833. The van der Waals surface area contributed by atoms with Crippen molar-refractivity contribution in [1.82, 2.24) is 5.32 Å². The van der Waals surface area contributed by atoms with Crippen LogP contribution >= 0.6 is 0 Å². The van der Waals surface area contributed by atoms with Crippen LogP contribution in [-0.2, 0) is 23.7 Å². The van der Waals surface area contributed by atoms with Crippen LogP contribution in [0.25, 0.3) is 0 Å². The van der Waals surface area contributed by atoms with Gasteiger partial charge in [0.15, 0.2) is 12.6 Å². The van der Waals surface area contributed by atoms with Gasteiger partial charge < -0.3 is 65.1 Å². The molecule has 0 aromatic heterocycles. The fraction of sp³-hybridized carbons (Fsp3) is 0.873. The lowest BCUT2D eigenvalue weighted by atomic mass is 9.97. The van der Waals surface area contributed by atoms with E-state index in [1.54, 1.807) is 0 Å². The molecule has 14 nitrogen and oxygen atoms in total. The highest BCUT2D eigenvalue weighted by Gasteiger charge is 2.51. The minimum absolute atomic E-state index is 0.217. The first-order valence-electron chi connectivity index (χ1n) is 27.7. The van der Waals surface area contributed by atoms with Crippen molar-refractivity contribution < 1.29 is 64.6 Å². The third-order valence-electron chi connectivity index (χ3n) is 13.6. The molecule has 2 aliphatic heterocycles. The van der Waals surface area contributed by atoms with Gasteiger partial charge in [-0.15, -0.1) is 0 Å². The number of aliphatic hydroxyl groups is 8. The van der Waals surface area contributed by atoms with Crippen molar-refractivity contribution in [2.24, 2.45) is 0 Å². The number of carbonyl (C=O) groups excluding carboxylic acids is 1. The second-order valence-corrected chi connectivity index (χ2v) is 19.7. The first-order valence-corrected chi connectivity index (χ1v) is 27.7. The summed E-state index contributed by atoms with van der Waals surface area (Å²) in [6.07, 6.45) is 31.3. The van der Waals surface area contributed by atoms with Gasteiger partial charge in [0, 0.05) is 6.42 Å². The van der Waals surface area contributed by atoms with E-state index in [2.05, 4.69) is 55.6 Å². The molecule has 2 heterocycles. The topological polar surface area (TPSA) is 228 Å². The molecule has 0 spiro atoms. The summed E-state index contributed by atoms with van der Waals surface area (Å²) in [5, 5.41) is 87.1. The van der Waals surface area contributed by atoms with E-state index in [0.717, 1.165) is 77.0 Å². The molecule has 14 heteroatoms. The first kappa shape index (κ1) is 63.3. The molecular weight excluding hydrogens is 883 g/mol. The number of allylic oxidation sites excluding steroid dienone is 6. The van der Waals surface area contributed by atoms with Crippen LogP contribution in [0.15, 0.2) is 36.5 Å². The average molecular weight is 984 g/mol. The zero-order valence-corrected chi connectivity index (χ0v) is 43.1. The van der Waals surface area contributed by atoms with Crippen molar-refractivity contribution in [3.05, 3.63) is 36.5 Å². The van der Waals surface area contributed by atoms with Gasteiger partial charge >= 0.3 is 0 Å². The maximum Gasteiger partial charge on any atom is 0.220 e. The van der Waals surface area contributed by atoms with E-state index in [9.17, 15) is 45.6 Å². The molecule has 2 rings (SSSR count). The van der Waals surface area contributed by atoms with Crippen LogP contribution in [0.1, 0.15) is 213 Å². The molecule has 2 fully saturated rings. The van der Waals surface area contributed by atoms with Gasteiger partial charge in [-0.3, -0.25) is 4.79 Å². The van der Waals surface area contributed by atoms with Crippen LogP contribution in [0.2, 0.25) is 0 Å². The van der Waals surface area contributed by atoms with E-state index in [4.69, 9.17) is 18.9 Å². The summed E-state index contributed by atoms with van der Waals surface area (Å²) >= 11 is 0. The Labute approximate surface area is 417 Å². The smallest absolute Gasteiger partial charge is 0.220 e. The average Bonchev–Trinajstić information content (AvgIpc) is 3.35. The Balaban J connectivity index is 1.80. The second-order valence-electron chi connectivity index (χ2n) is 19.7. The number of hydrogen-bond acceptors (Lipinski definition) is 13. The third-order valence-corrected chi connectivity index (χ3v) is 13.6. The van der Waals surface area contributed by atoms with Crippen LogP contribution in [0.3, 0.4) is 0 Å². The summed E-state index contributed by atoms with van der Waals surface area (Å²) in [5.74, 6) is -0.217. The Morgan fingerprint density at radius 1 is 0.536 bits per heavy atom. The predicted octanol–water partition coefficient (Wildman–Crippen LogP) is 8.27. The van der Waals surface area contributed by atoms with Crippen molar-refractivity contribution in [2.45, 2.75) is 286 Å². The molecule has 69 heavy (non-hydrogen) atoms. The van der Waals surface area contributed by atoms with Gasteiger partial charge in [0.25, 0.3) is 0 Å². The lowest BCUT2D eigenvalue weighted by Crippen LogP contribution is -2.65. The minimum Gasteiger partial charge on any atom is -0.394 e. The van der Waals surface area contributed by atoms with E-state index >= 15 is 0 Å². The molecule has 0 saturated carbocycles. The van der Waals surface area contributed by atoms with Gasteiger partial charge in [-0.2, -0.15) is 0 Å². The Bertz CT molecular complexity index is 1300. The zero-order valence-electron chi connectivity index (χ0n) is 43.1. The van der Waals surface area contributed by atoms with Crippen LogP contribution in [0, 0.1) is 0 Å².